The molecule has 1 amide bonds. The summed E-state index contributed by atoms with van der Waals surface area (Å²) in [4.78, 5) is 17.5. The predicted molar refractivity (Wildman–Crippen MR) is 109 cm³/mol. The molecule has 0 aliphatic heterocycles. The molecule has 0 spiro atoms. The monoisotopic (exact) mass is 364 g/mol. The number of benzene rings is 2. The number of hydrogen-bond acceptors (Lipinski definition) is 3. The van der Waals surface area contributed by atoms with Crippen molar-refractivity contribution in [3.05, 3.63) is 52.7 Å². The van der Waals surface area contributed by atoms with Crippen LogP contribution in [0.4, 0.5) is 0 Å². The molecule has 1 aromatic heterocycles. The Balaban J connectivity index is 1.83. The van der Waals surface area contributed by atoms with Crippen molar-refractivity contribution in [3.63, 3.8) is 0 Å². The lowest BCUT2D eigenvalue weighted by atomic mass is 9.85. The van der Waals surface area contributed by atoms with E-state index in [9.17, 15) is 4.79 Å². The first kappa shape index (κ1) is 17.2. The van der Waals surface area contributed by atoms with E-state index in [1.807, 2.05) is 0 Å². The summed E-state index contributed by atoms with van der Waals surface area (Å²) in [5.74, 6) is 0.240. The van der Waals surface area contributed by atoms with Crippen molar-refractivity contribution in [3.8, 4) is 10.4 Å². The summed E-state index contributed by atoms with van der Waals surface area (Å²) in [6.45, 7) is 2.14. The van der Waals surface area contributed by atoms with Crippen LogP contribution >= 0.6 is 11.3 Å². The van der Waals surface area contributed by atoms with Gasteiger partial charge in [0.05, 0.1) is 10.6 Å². The van der Waals surface area contributed by atoms with Crippen LogP contribution in [0.1, 0.15) is 53.2 Å². The summed E-state index contributed by atoms with van der Waals surface area (Å²) in [7, 11) is 0. The van der Waals surface area contributed by atoms with Crippen LogP contribution in [0, 0.1) is 12.8 Å². The number of primary amides is 1. The summed E-state index contributed by atoms with van der Waals surface area (Å²) in [6.07, 6.45) is 7.42. The highest BCUT2D eigenvalue weighted by atomic mass is 32.1. The maximum Gasteiger partial charge on any atom is 0.277 e. The number of thiazole rings is 1. The second-order valence-electron chi connectivity index (χ2n) is 7.34. The first-order valence-corrected chi connectivity index (χ1v) is 10.2. The van der Waals surface area contributed by atoms with Crippen molar-refractivity contribution >= 4 is 28.0 Å². The molecular weight excluding hydrogens is 340 g/mol. The molecule has 1 fully saturated rings. The summed E-state index contributed by atoms with van der Waals surface area (Å²) < 4.78 is 0. The van der Waals surface area contributed by atoms with E-state index < -0.39 is 5.91 Å². The number of rotatable bonds is 4. The molecule has 0 bridgehead atoms. The second-order valence-corrected chi connectivity index (χ2v) is 8.34. The lowest BCUT2D eigenvalue weighted by Crippen LogP contribution is -2.12. The van der Waals surface area contributed by atoms with Gasteiger partial charge in [0.25, 0.3) is 5.91 Å². The van der Waals surface area contributed by atoms with Crippen LogP contribution in [0.5, 0.6) is 0 Å². The second kappa shape index (κ2) is 7.20. The molecule has 0 atom stereocenters. The van der Waals surface area contributed by atoms with Crippen LogP contribution in [0.15, 0.2) is 36.4 Å². The molecule has 3 aromatic rings. The number of aryl methyl sites for hydroxylation is 1. The minimum Gasteiger partial charge on any atom is -0.364 e. The van der Waals surface area contributed by atoms with Gasteiger partial charge in [-0.15, -0.1) is 11.3 Å². The Labute approximate surface area is 158 Å². The number of nitrogens with zero attached hydrogens (tertiary/aromatic N) is 1. The molecule has 3 nitrogen and oxygen atoms in total. The van der Waals surface area contributed by atoms with Crippen molar-refractivity contribution in [1.82, 2.24) is 4.98 Å². The quantitative estimate of drug-likeness (QED) is 0.665. The van der Waals surface area contributed by atoms with Gasteiger partial charge in [0.15, 0.2) is 5.01 Å². The summed E-state index contributed by atoms with van der Waals surface area (Å²) >= 11 is 1.44. The predicted octanol–water partition coefficient (Wildman–Crippen LogP) is 5.49. The van der Waals surface area contributed by atoms with Gasteiger partial charge in [-0.25, -0.2) is 4.98 Å². The molecule has 1 aliphatic carbocycles. The van der Waals surface area contributed by atoms with Gasteiger partial charge in [-0.3, -0.25) is 4.79 Å². The third kappa shape index (κ3) is 3.26. The van der Waals surface area contributed by atoms with Crippen LogP contribution in [0.2, 0.25) is 0 Å². The average Bonchev–Trinajstić information content (AvgIpc) is 3.07. The van der Waals surface area contributed by atoms with E-state index in [4.69, 9.17) is 5.73 Å². The number of amides is 1. The summed E-state index contributed by atoms with van der Waals surface area (Å²) in [5, 5.41) is 2.90. The molecule has 134 valence electrons. The number of nitrogens with two attached hydrogens (primary N) is 1. The van der Waals surface area contributed by atoms with Gasteiger partial charge in [-0.1, -0.05) is 68.5 Å². The molecule has 26 heavy (non-hydrogen) atoms. The molecule has 2 N–H and O–H groups in total. The van der Waals surface area contributed by atoms with Crippen molar-refractivity contribution in [1.29, 1.82) is 0 Å². The van der Waals surface area contributed by atoms with Gasteiger partial charge in [-0.2, -0.15) is 0 Å². The molecule has 0 radical (unpaired) electrons. The first-order valence-electron chi connectivity index (χ1n) is 9.41. The Morgan fingerprint density at radius 3 is 2.58 bits per heavy atom. The molecule has 4 rings (SSSR count). The van der Waals surface area contributed by atoms with Gasteiger partial charge in [0.1, 0.15) is 0 Å². The largest absolute Gasteiger partial charge is 0.364 e. The van der Waals surface area contributed by atoms with E-state index in [1.165, 1.54) is 65.3 Å². The maximum absolute atomic E-state index is 11.8. The Morgan fingerprint density at radius 2 is 1.85 bits per heavy atom. The zero-order valence-electron chi connectivity index (χ0n) is 15.1. The number of carbonyl (C=O) groups excluding carboxylic acids is 1. The number of fused-ring (bicyclic) bond motifs is 1. The van der Waals surface area contributed by atoms with E-state index >= 15 is 0 Å². The molecular formula is C22H24N2OS. The Kier molecular flexibility index (Phi) is 4.77. The zero-order chi connectivity index (χ0) is 18.1. The lowest BCUT2D eigenvalue weighted by Gasteiger charge is -2.21. The number of carbonyl (C=O) groups is 1. The fraction of sp³-hybridized carbons (Fsp3) is 0.364. The normalized spacial score (nSPS) is 15.4. The van der Waals surface area contributed by atoms with Crippen LogP contribution < -0.4 is 5.73 Å². The van der Waals surface area contributed by atoms with Crippen molar-refractivity contribution in [2.45, 2.75) is 45.4 Å². The minimum atomic E-state index is -0.428. The highest BCUT2D eigenvalue weighted by Gasteiger charge is 2.22. The highest BCUT2D eigenvalue weighted by molar-refractivity contribution is 7.17. The van der Waals surface area contributed by atoms with Crippen LogP contribution in [0.25, 0.3) is 21.2 Å². The van der Waals surface area contributed by atoms with Gasteiger partial charge in [0, 0.05) is 5.56 Å². The molecule has 1 heterocycles. The molecule has 2 aromatic carbocycles. The molecule has 0 saturated heterocycles. The van der Waals surface area contributed by atoms with Crippen LogP contribution in [-0.4, -0.2) is 10.9 Å². The van der Waals surface area contributed by atoms with Crippen molar-refractivity contribution in [2.24, 2.45) is 11.7 Å². The Morgan fingerprint density at radius 1 is 1.12 bits per heavy atom. The van der Waals surface area contributed by atoms with E-state index in [1.54, 1.807) is 0 Å². The molecule has 4 heteroatoms. The Hall–Kier alpha value is -2.20. The number of aromatic nitrogens is 1. The molecule has 1 aliphatic rings. The maximum atomic E-state index is 11.8. The minimum absolute atomic E-state index is 0.426. The zero-order valence-corrected chi connectivity index (χ0v) is 15.9. The van der Waals surface area contributed by atoms with Crippen LogP contribution in [0.3, 0.4) is 0 Å². The third-order valence-electron chi connectivity index (χ3n) is 5.50. The smallest absolute Gasteiger partial charge is 0.277 e. The van der Waals surface area contributed by atoms with E-state index in [0.717, 1.165) is 17.0 Å². The first-order chi connectivity index (χ1) is 12.6. The molecule has 0 unspecified atom stereocenters. The molecule has 1 saturated carbocycles. The standard InChI is InChI=1S/C22H24N2OS/c1-14-11-12-18(17-10-6-5-9-16(14)17)20-19(24-22(26-20)21(23)25)13-15-7-3-2-4-8-15/h5-6,9-12,15H,2-4,7-8,13H2,1H3,(H2,23,25). The van der Waals surface area contributed by atoms with Gasteiger partial charge >= 0.3 is 0 Å². The van der Waals surface area contributed by atoms with E-state index in [-0.39, 0.29) is 0 Å². The number of hydrogen-bond donors (Lipinski definition) is 1. The lowest BCUT2D eigenvalue weighted by molar-refractivity contribution is 0.0999. The summed E-state index contributed by atoms with van der Waals surface area (Å²) in [6, 6.07) is 12.8. The fourth-order valence-electron chi connectivity index (χ4n) is 4.12. The fourth-order valence-corrected chi connectivity index (χ4v) is 5.10. The van der Waals surface area contributed by atoms with E-state index in [2.05, 4.69) is 48.3 Å². The average molecular weight is 365 g/mol. The van der Waals surface area contributed by atoms with Gasteiger partial charge in [0.2, 0.25) is 0 Å². The summed E-state index contributed by atoms with van der Waals surface area (Å²) in [5.41, 5.74) is 9.03. The van der Waals surface area contributed by atoms with Gasteiger partial charge < -0.3 is 5.73 Å². The van der Waals surface area contributed by atoms with E-state index in [0.29, 0.717) is 10.9 Å². The highest BCUT2D eigenvalue weighted by Crippen LogP contribution is 2.38. The SMILES string of the molecule is Cc1ccc(-c2sc(C(N)=O)nc2CC2CCCCC2)c2ccccc12. The van der Waals surface area contributed by atoms with Crippen LogP contribution in [-0.2, 0) is 6.42 Å². The van der Waals surface area contributed by atoms with Crippen molar-refractivity contribution < 1.29 is 4.79 Å². The topological polar surface area (TPSA) is 56.0 Å². The van der Waals surface area contributed by atoms with Crippen molar-refractivity contribution in [2.75, 3.05) is 0 Å². The Bertz CT molecular complexity index is 954. The van der Waals surface area contributed by atoms with Gasteiger partial charge in [-0.05, 0) is 35.6 Å². The third-order valence-corrected chi connectivity index (χ3v) is 6.65.